The highest BCUT2D eigenvalue weighted by molar-refractivity contribution is 7.14. The summed E-state index contributed by atoms with van der Waals surface area (Å²) in [6.07, 6.45) is 6.02. The molecule has 230 valence electrons. The van der Waals surface area contributed by atoms with Gasteiger partial charge in [0.05, 0.1) is 6.10 Å². The first-order chi connectivity index (χ1) is 20.8. The third kappa shape index (κ3) is 5.45. The van der Waals surface area contributed by atoms with Gasteiger partial charge in [-0.1, -0.05) is 48.0 Å². The van der Waals surface area contributed by atoms with E-state index < -0.39 is 17.6 Å². The number of thiazole rings is 1. The SMILES string of the molecule is CC=C(C)C1CN(C(C=O)(NC(=O)c2ccc(-c3nc(N4CCN(C)CC4)sc3F)cc2)C2CCCC2)C2C(=O)COC12. The van der Waals surface area contributed by atoms with E-state index in [1.807, 2.05) is 24.8 Å². The Hall–Kier alpha value is -2.99. The number of nitrogens with zero attached hydrogens (tertiary/aromatic N) is 4. The Morgan fingerprint density at radius 3 is 2.51 bits per heavy atom. The lowest BCUT2D eigenvalue weighted by atomic mass is 9.88. The summed E-state index contributed by atoms with van der Waals surface area (Å²) in [6.45, 7) is 7.85. The fraction of sp³-hybridized carbons (Fsp3) is 0.562. The average molecular weight is 610 g/mol. The highest BCUT2D eigenvalue weighted by Crippen LogP contribution is 2.44. The van der Waals surface area contributed by atoms with Crippen molar-refractivity contribution in [3.63, 3.8) is 0 Å². The second-order valence-corrected chi connectivity index (χ2v) is 13.3. The van der Waals surface area contributed by atoms with Crippen LogP contribution in [0.5, 0.6) is 0 Å². The third-order valence-electron chi connectivity index (χ3n) is 9.94. The maximum Gasteiger partial charge on any atom is 0.253 e. The van der Waals surface area contributed by atoms with Crippen LogP contribution in [-0.2, 0) is 14.3 Å². The lowest BCUT2D eigenvalue weighted by Gasteiger charge is -2.44. The molecule has 3 saturated heterocycles. The number of allylic oxidation sites excluding steroid dienone is 1. The van der Waals surface area contributed by atoms with Gasteiger partial charge in [0.2, 0.25) is 5.13 Å². The van der Waals surface area contributed by atoms with Crippen LogP contribution < -0.4 is 10.2 Å². The smallest absolute Gasteiger partial charge is 0.253 e. The van der Waals surface area contributed by atoms with Gasteiger partial charge in [0.25, 0.3) is 5.91 Å². The molecule has 4 fully saturated rings. The van der Waals surface area contributed by atoms with Crippen molar-refractivity contribution in [2.45, 2.75) is 57.3 Å². The Balaban J connectivity index is 1.25. The van der Waals surface area contributed by atoms with Crippen molar-refractivity contribution in [3.8, 4) is 11.3 Å². The van der Waals surface area contributed by atoms with Gasteiger partial charge >= 0.3 is 0 Å². The number of rotatable bonds is 8. The van der Waals surface area contributed by atoms with Gasteiger partial charge in [-0.25, -0.2) is 4.98 Å². The normalized spacial score (nSPS) is 27.0. The number of piperazine rings is 1. The molecule has 1 amide bonds. The second kappa shape index (κ2) is 12.2. The maximum absolute atomic E-state index is 15.0. The van der Waals surface area contributed by atoms with Crippen LogP contribution in [0, 0.1) is 17.0 Å². The Morgan fingerprint density at radius 2 is 1.86 bits per heavy atom. The summed E-state index contributed by atoms with van der Waals surface area (Å²) in [5.41, 5.74) is 0.982. The van der Waals surface area contributed by atoms with Crippen LogP contribution in [0.3, 0.4) is 0 Å². The molecule has 1 aromatic carbocycles. The number of aromatic nitrogens is 1. The van der Waals surface area contributed by atoms with Crippen LogP contribution in [0.2, 0.25) is 0 Å². The van der Waals surface area contributed by atoms with E-state index in [1.54, 1.807) is 24.3 Å². The van der Waals surface area contributed by atoms with Crippen molar-refractivity contribution < 1.29 is 23.5 Å². The molecule has 1 aromatic heterocycles. The zero-order chi connectivity index (χ0) is 30.3. The molecule has 4 unspecified atom stereocenters. The number of carbonyl (C=O) groups is 3. The molecule has 6 rings (SSSR count). The Labute approximate surface area is 256 Å². The lowest BCUT2D eigenvalue weighted by molar-refractivity contribution is -0.131. The van der Waals surface area contributed by atoms with Crippen molar-refractivity contribution in [1.82, 2.24) is 20.1 Å². The predicted molar refractivity (Wildman–Crippen MR) is 164 cm³/mol. The average Bonchev–Trinajstić information content (AvgIpc) is 3.83. The topological polar surface area (TPSA) is 95.1 Å². The van der Waals surface area contributed by atoms with Crippen LogP contribution in [0.25, 0.3) is 11.3 Å². The number of hydrogen-bond donors (Lipinski definition) is 1. The number of likely N-dealkylation sites (N-methyl/N-ethyl adjacent to an activating group) is 1. The highest BCUT2D eigenvalue weighted by atomic mass is 32.1. The molecule has 0 bridgehead atoms. The quantitative estimate of drug-likeness (QED) is 0.357. The van der Waals surface area contributed by atoms with E-state index in [0.29, 0.717) is 22.8 Å². The number of Topliss-reactive ketones (excluding diaryl/α,β-unsaturated/α-hetero) is 1. The van der Waals surface area contributed by atoms with Gasteiger partial charge in [-0.15, -0.1) is 0 Å². The molecule has 1 aliphatic carbocycles. The van der Waals surface area contributed by atoms with Gasteiger partial charge in [0.15, 0.2) is 22.9 Å². The number of carbonyl (C=O) groups excluding carboxylic acids is 3. The fourth-order valence-corrected chi connectivity index (χ4v) is 8.13. The minimum Gasteiger partial charge on any atom is -0.368 e. The molecule has 4 atom stereocenters. The number of benzene rings is 1. The van der Waals surface area contributed by atoms with Crippen LogP contribution >= 0.6 is 11.3 Å². The highest BCUT2D eigenvalue weighted by Gasteiger charge is 2.59. The molecule has 1 saturated carbocycles. The number of aldehydes is 1. The predicted octanol–water partition coefficient (Wildman–Crippen LogP) is 3.75. The second-order valence-electron chi connectivity index (χ2n) is 12.3. The number of halogens is 1. The van der Waals surface area contributed by atoms with E-state index in [2.05, 4.69) is 27.1 Å². The number of hydrogen-bond acceptors (Lipinski definition) is 9. The molecule has 11 heteroatoms. The van der Waals surface area contributed by atoms with Gasteiger partial charge in [-0.2, -0.15) is 4.39 Å². The Bertz CT molecular complexity index is 1400. The first-order valence-corrected chi connectivity index (χ1v) is 16.1. The molecule has 1 N–H and O–H groups in total. The van der Waals surface area contributed by atoms with E-state index in [4.69, 9.17) is 4.74 Å². The number of nitrogens with one attached hydrogen (secondary N) is 1. The third-order valence-corrected chi connectivity index (χ3v) is 10.8. The summed E-state index contributed by atoms with van der Waals surface area (Å²) in [5.74, 6) is -0.622. The molecule has 9 nitrogen and oxygen atoms in total. The summed E-state index contributed by atoms with van der Waals surface area (Å²) < 4.78 is 21.0. The molecular weight excluding hydrogens is 569 g/mol. The first-order valence-electron chi connectivity index (χ1n) is 15.3. The molecule has 4 aliphatic rings. The first kappa shape index (κ1) is 30.1. The maximum atomic E-state index is 15.0. The largest absolute Gasteiger partial charge is 0.368 e. The summed E-state index contributed by atoms with van der Waals surface area (Å²) in [5, 5.41) is 3.41. The molecular formula is C32H40FN5O4S. The van der Waals surface area contributed by atoms with E-state index >= 15 is 4.39 Å². The number of amides is 1. The minimum atomic E-state index is -1.33. The van der Waals surface area contributed by atoms with Crippen LogP contribution in [0.4, 0.5) is 9.52 Å². The van der Waals surface area contributed by atoms with Crippen molar-refractivity contribution in [3.05, 3.63) is 46.6 Å². The Morgan fingerprint density at radius 1 is 1.16 bits per heavy atom. The van der Waals surface area contributed by atoms with Crippen LogP contribution in [-0.4, -0.2) is 96.9 Å². The molecule has 3 aliphatic heterocycles. The number of fused-ring (bicyclic) bond motifs is 1. The number of anilines is 1. The van der Waals surface area contributed by atoms with Crippen molar-refractivity contribution in [2.24, 2.45) is 11.8 Å². The van der Waals surface area contributed by atoms with E-state index in [-0.39, 0.29) is 41.2 Å². The van der Waals surface area contributed by atoms with Gasteiger partial charge in [0, 0.05) is 55.7 Å². The zero-order valence-corrected chi connectivity index (χ0v) is 25.9. The molecule has 0 radical (unpaired) electrons. The molecule has 0 spiro atoms. The number of ketones is 1. The monoisotopic (exact) mass is 609 g/mol. The number of likely N-dealkylation sites (tertiary alicyclic amines) is 1. The van der Waals surface area contributed by atoms with Crippen LogP contribution in [0.15, 0.2) is 35.9 Å². The van der Waals surface area contributed by atoms with Gasteiger partial charge in [-0.05, 0) is 45.9 Å². The summed E-state index contributed by atoms with van der Waals surface area (Å²) in [7, 11) is 2.07. The van der Waals surface area contributed by atoms with E-state index in [0.717, 1.165) is 75.1 Å². The molecule has 4 heterocycles. The van der Waals surface area contributed by atoms with E-state index in [1.165, 1.54) is 0 Å². The fourth-order valence-electron chi connectivity index (χ4n) is 7.26. The Kier molecular flexibility index (Phi) is 8.52. The van der Waals surface area contributed by atoms with Gasteiger partial charge < -0.3 is 19.9 Å². The molecule has 2 aromatic rings. The lowest BCUT2D eigenvalue weighted by Crippen LogP contribution is -2.68. The molecule has 43 heavy (non-hydrogen) atoms. The summed E-state index contributed by atoms with van der Waals surface area (Å²) in [4.78, 5) is 50.9. The van der Waals surface area contributed by atoms with Crippen molar-refractivity contribution >= 4 is 34.4 Å². The van der Waals surface area contributed by atoms with Crippen molar-refractivity contribution in [1.29, 1.82) is 0 Å². The van der Waals surface area contributed by atoms with Crippen molar-refractivity contribution in [2.75, 3.05) is 51.3 Å². The standard InChI is InChI=1S/C32H40FN5O4S/c1-4-20(2)24-17-38(27-25(40)18-42-28(24)27)32(19-39,23-7-5-6-8-23)35-30(41)22-11-9-21(10-12-22)26-29(33)43-31(34-26)37-15-13-36(3)14-16-37/h4,9-12,19,23-24,27-28H,5-8,13-18H2,1-3H3,(H,35,41). The van der Waals surface area contributed by atoms with Gasteiger partial charge in [0.1, 0.15) is 18.3 Å². The summed E-state index contributed by atoms with van der Waals surface area (Å²) >= 11 is 1.04. The zero-order valence-electron chi connectivity index (χ0n) is 25.1. The summed E-state index contributed by atoms with van der Waals surface area (Å²) in [6, 6.07) is 6.10. The van der Waals surface area contributed by atoms with Gasteiger partial charge in [-0.3, -0.25) is 19.3 Å². The van der Waals surface area contributed by atoms with E-state index in [9.17, 15) is 14.4 Å². The minimum absolute atomic E-state index is 0.0119. The van der Waals surface area contributed by atoms with Crippen LogP contribution in [0.1, 0.15) is 49.9 Å². The number of ether oxygens (including phenoxy) is 1.